The Kier molecular flexibility index (Phi) is 2.31. The molecule has 0 radical (unpaired) electrons. The van der Waals surface area contributed by atoms with E-state index in [2.05, 4.69) is 21.4 Å². The number of nitriles is 1. The molecule has 1 heterocycles. The standard InChI is InChI=1S/C12H14N4/c1-8-14-10-5-4-9(6-11(10)15-8)16-12(2,3)7-13/h4-6,16H,1-3H3,(H,14,15). The number of anilines is 1. The van der Waals surface area contributed by atoms with Crippen LogP contribution in [0.4, 0.5) is 5.69 Å². The van der Waals surface area contributed by atoms with Crippen LogP contribution in [0.15, 0.2) is 18.2 Å². The van der Waals surface area contributed by atoms with E-state index in [0.717, 1.165) is 22.5 Å². The van der Waals surface area contributed by atoms with E-state index in [1.807, 2.05) is 39.0 Å². The minimum absolute atomic E-state index is 0.567. The van der Waals surface area contributed by atoms with Gasteiger partial charge in [0.1, 0.15) is 11.4 Å². The van der Waals surface area contributed by atoms with Gasteiger partial charge in [-0.25, -0.2) is 4.98 Å². The number of H-pyrrole nitrogens is 1. The Morgan fingerprint density at radius 2 is 2.19 bits per heavy atom. The fraction of sp³-hybridized carbons (Fsp3) is 0.333. The van der Waals surface area contributed by atoms with Crippen molar-refractivity contribution in [2.45, 2.75) is 26.3 Å². The van der Waals surface area contributed by atoms with Gasteiger partial charge in [0.25, 0.3) is 0 Å². The minimum atomic E-state index is -0.567. The SMILES string of the molecule is Cc1nc2ccc(NC(C)(C)C#N)cc2[nH]1. The van der Waals surface area contributed by atoms with Gasteiger partial charge in [-0.15, -0.1) is 0 Å². The smallest absolute Gasteiger partial charge is 0.119 e. The van der Waals surface area contributed by atoms with Crippen LogP contribution in [-0.2, 0) is 0 Å². The quantitative estimate of drug-likeness (QED) is 0.807. The fourth-order valence-electron chi connectivity index (χ4n) is 1.60. The van der Waals surface area contributed by atoms with Crippen molar-refractivity contribution >= 4 is 16.7 Å². The molecular weight excluding hydrogens is 200 g/mol. The summed E-state index contributed by atoms with van der Waals surface area (Å²) in [5.74, 6) is 0.895. The molecule has 0 aliphatic rings. The Bertz CT molecular complexity index is 560. The average Bonchev–Trinajstić information content (AvgIpc) is 2.57. The van der Waals surface area contributed by atoms with Gasteiger partial charge in [0.2, 0.25) is 0 Å². The highest BCUT2D eigenvalue weighted by Crippen LogP contribution is 2.20. The van der Waals surface area contributed by atoms with Crippen molar-refractivity contribution < 1.29 is 0 Å². The molecule has 0 spiro atoms. The predicted molar refractivity (Wildman–Crippen MR) is 64.1 cm³/mol. The molecule has 1 aromatic carbocycles. The van der Waals surface area contributed by atoms with Gasteiger partial charge < -0.3 is 10.3 Å². The molecule has 0 amide bonds. The number of aromatic nitrogens is 2. The number of imidazole rings is 1. The number of aryl methyl sites for hydroxylation is 1. The van der Waals surface area contributed by atoms with Crippen LogP contribution in [0.1, 0.15) is 19.7 Å². The molecule has 82 valence electrons. The number of benzene rings is 1. The van der Waals surface area contributed by atoms with Crippen molar-refractivity contribution in [3.05, 3.63) is 24.0 Å². The summed E-state index contributed by atoms with van der Waals surface area (Å²) >= 11 is 0. The molecule has 4 nitrogen and oxygen atoms in total. The van der Waals surface area contributed by atoms with E-state index in [9.17, 15) is 0 Å². The zero-order chi connectivity index (χ0) is 11.8. The molecule has 0 aliphatic heterocycles. The molecule has 0 bridgehead atoms. The highest BCUT2D eigenvalue weighted by Gasteiger charge is 2.15. The predicted octanol–water partition coefficient (Wildman–Crippen LogP) is 2.59. The van der Waals surface area contributed by atoms with E-state index >= 15 is 0 Å². The summed E-state index contributed by atoms with van der Waals surface area (Å²) in [5.41, 5.74) is 2.28. The lowest BCUT2D eigenvalue weighted by Crippen LogP contribution is -2.28. The summed E-state index contributed by atoms with van der Waals surface area (Å²) in [5, 5.41) is 12.1. The molecule has 0 atom stereocenters. The largest absolute Gasteiger partial charge is 0.368 e. The molecule has 1 aromatic heterocycles. The monoisotopic (exact) mass is 214 g/mol. The highest BCUT2D eigenvalue weighted by atomic mass is 15.0. The van der Waals surface area contributed by atoms with Crippen LogP contribution in [0.3, 0.4) is 0 Å². The molecule has 0 aliphatic carbocycles. The molecule has 0 unspecified atom stereocenters. The van der Waals surface area contributed by atoms with E-state index in [1.54, 1.807) is 0 Å². The third-order valence-electron chi connectivity index (χ3n) is 2.34. The van der Waals surface area contributed by atoms with E-state index < -0.39 is 5.54 Å². The van der Waals surface area contributed by atoms with Crippen molar-refractivity contribution in [1.82, 2.24) is 9.97 Å². The first-order valence-corrected chi connectivity index (χ1v) is 5.16. The minimum Gasteiger partial charge on any atom is -0.368 e. The zero-order valence-electron chi connectivity index (χ0n) is 9.63. The second-order valence-electron chi connectivity index (χ2n) is 4.42. The van der Waals surface area contributed by atoms with Crippen LogP contribution in [0.5, 0.6) is 0 Å². The highest BCUT2D eigenvalue weighted by molar-refractivity contribution is 5.79. The second kappa shape index (κ2) is 3.53. The van der Waals surface area contributed by atoms with Crippen LogP contribution in [0.25, 0.3) is 11.0 Å². The van der Waals surface area contributed by atoms with E-state index in [0.29, 0.717) is 0 Å². The van der Waals surface area contributed by atoms with Gasteiger partial charge in [0, 0.05) is 5.69 Å². The van der Waals surface area contributed by atoms with Crippen molar-refractivity contribution in [3.8, 4) is 6.07 Å². The van der Waals surface area contributed by atoms with Crippen molar-refractivity contribution in [2.75, 3.05) is 5.32 Å². The third-order valence-corrected chi connectivity index (χ3v) is 2.34. The van der Waals surface area contributed by atoms with Crippen LogP contribution in [0.2, 0.25) is 0 Å². The summed E-state index contributed by atoms with van der Waals surface area (Å²) in [6.45, 7) is 5.61. The van der Waals surface area contributed by atoms with E-state index in [1.165, 1.54) is 0 Å². The van der Waals surface area contributed by atoms with Crippen molar-refractivity contribution in [3.63, 3.8) is 0 Å². The van der Waals surface area contributed by atoms with Crippen LogP contribution < -0.4 is 5.32 Å². The Balaban J connectivity index is 2.37. The molecule has 2 N–H and O–H groups in total. The number of hydrogen-bond donors (Lipinski definition) is 2. The average molecular weight is 214 g/mol. The number of fused-ring (bicyclic) bond motifs is 1. The maximum absolute atomic E-state index is 8.94. The van der Waals surface area contributed by atoms with Gasteiger partial charge in [-0.3, -0.25) is 0 Å². The Labute approximate surface area is 94.3 Å². The summed E-state index contributed by atoms with van der Waals surface area (Å²) in [4.78, 5) is 7.49. The van der Waals surface area contributed by atoms with Crippen molar-refractivity contribution in [2.24, 2.45) is 0 Å². The lowest BCUT2D eigenvalue weighted by molar-refractivity contribution is 0.729. The first kappa shape index (κ1) is 10.5. The Morgan fingerprint density at radius 1 is 1.44 bits per heavy atom. The lowest BCUT2D eigenvalue weighted by Gasteiger charge is -2.18. The van der Waals surface area contributed by atoms with Gasteiger partial charge in [-0.1, -0.05) is 0 Å². The number of rotatable bonds is 2. The maximum atomic E-state index is 8.94. The zero-order valence-corrected chi connectivity index (χ0v) is 9.63. The fourth-order valence-corrected chi connectivity index (χ4v) is 1.60. The first-order valence-electron chi connectivity index (χ1n) is 5.16. The van der Waals surface area contributed by atoms with Gasteiger partial charge in [-0.2, -0.15) is 5.26 Å². The Morgan fingerprint density at radius 3 is 2.88 bits per heavy atom. The normalized spacial score (nSPS) is 11.4. The third kappa shape index (κ3) is 1.98. The van der Waals surface area contributed by atoms with Crippen LogP contribution in [-0.4, -0.2) is 15.5 Å². The lowest BCUT2D eigenvalue weighted by atomic mass is 10.1. The van der Waals surface area contributed by atoms with Gasteiger partial charge in [-0.05, 0) is 39.0 Å². The second-order valence-corrected chi connectivity index (χ2v) is 4.42. The van der Waals surface area contributed by atoms with Crippen molar-refractivity contribution in [1.29, 1.82) is 5.26 Å². The molecule has 0 fully saturated rings. The number of hydrogen-bond acceptors (Lipinski definition) is 3. The molecular formula is C12H14N4. The van der Waals surface area contributed by atoms with Crippen LogP contribution >= 0.6 is 0 Å². The molecule has 16 heavy (non-hydrogen) atoms. The molecule has 2 aromatic rings. The van der Waals surface area contributed by atoms with E-state index in [-0.39, 0.29) is 0 Å². The Hall–Kier alpha value is -2.02. The summed E-state index contributed by atoms with van der Waals surface area (Å²) in [6, 6.07) is 8.04. The first-order chi connectivity index (χ1) is 7.50. The van der Waals surface area contributed by atoms with Gasteiger partial charge in [0.05, 0.1) is 17.1 Å². The number of aromatic amines is 1. The van der Waals surface area contributed by atoms with E-state index in [4.69, 9.17) is 5.26 Å². The molecule has 4 heteroatoms. The summed E-state index contributed by atoms with van der Waals surface area (Å²) < 4.78 is 0. The van der Waals surface area contributed by atoms with Crippen LogP contribution in [0, 0.1) is 18.3 Å². The number of nitrogens with zero attached hydrogens (tertiary/aromatic N) is 2. The molecule has 0 saturated heterocycles. The van der Waals surface area contributed by atoms with Gasteiger partial charge in [0.15, 0.2) is 0 Å². The number of nitrogens with one attached hydrogen (secondary N) is 2. The topological polar surface area (TPSA) is 64.5 Å². The summed E-state index contributed by atoms with van der Waals surface area (Å²) in [7, 11) is 0. The molecule has 0 saturated carbocycles. The summed E-state index contributed by atoms with van der Waals surface area (Å²) in [6.07, 6.45) is 0. The molecule has 2 rings (SSSR count). The van der Waals surface area contributed by atoms with Gasteiger partial charge >= 0.3 is 0 Å². The maximum Gasteiger partial charge on any atom is 0.119 e.